The number of carbonyl (C=O) groups is 1. The number of aromatic nitrogens is 3. The fourth-order valence-corrected chi connectivity index (χ4v) is 4.35. The third-order valence-corrected chi connectivity index (χ3v) is 6.09. The molecule has 0 radical (unpaired) electrons. The Labute approximate surface area is 178 Å². The Morgan fingerprint density at radius 3 is 2.59 bits per heavy atom. The van der Waals surface area contributed by atoms with E-state index in [0.29, 0.717) is 19.1 Å². The van der Waals surface area contributed by atoms with Crippen molar-refractivity contribution in [3.63, 3.8) is 0 Å². The summed E-state index contributed by atoms with van der Waals surface area (Å²) < 4.78 is 2.37. The number of guanidine groups is 1. The van der Waals surface area contributed by atoms with Crippen LogP contribution in [0.3, 0.4) is 0 Å². The lowest BCUT2D eigenvalue weighted by molar-refractivity contribution is -0.122. The van der Waals surface area contributed by atoms with Gasteiger partial charge in [-0.1, -0.05) is 24.6 Å². The minimum absolute atomic E-state index is 0.185. The van der Waals surface area contributed by atoms with Crippen molar-refractivity contribution in [1.29, 1.82) is 0 Å². The smallest absolute Gasteiger partial charge is 0.223 e. The van der Waals surface area contributed by atoms with Crippen LogP contribution in [-0.2, 0) is 11.2 Å². The largest absolute Gasteiger partial charge is 0.357 e. The number of hydrogen-bond acceptors (Lipinski definition) is 5. The van der Waals surface area contributed by atoms with E-state index in [4.69, 9.17) is 0 Å². The highest BCUT2D eigenvalue weighted by molar-refractivity contribution is 7.98. The number of thioether (sulfide) groups is 1. The molecule has 3 rings (SSSR count). The third kappa shape index (κ3) is 6.62. The van der Waals surface area contributed by atoms with Crippen LogP contribution in [0.15, 0.2) is 10.1 Å². The summed E-state index contributed by atoms with van der Waals surface area (Å²) in [5, 5.41) is 19.4. The highest BCUT2D eigenvalue weighted by Gasteiger charge is 2.29. The van der Waals surface area contributed by atoms with Gasteiger partial charge in [0.1, 0.15) is 5.82 Å². The monoisotopic (exact) mass is 421 g/mol. The van der Waals surface area contributed by atoms with Crippen molar-refractivity contribution >= 4 is 23.6 Å². The third-order valence-electron chi connectivity index (χ3n) is 5.45. The van der Waals surface area contributed by atoms with Crippen molar-refractivity contribution in [1.82, 2.24) is 30.7 Å². The molecule has 0 saturated heterocycles. The molecule has 0 aliphatic heterocycles. The van der Waals surface area contributed by atoms with Crippen LogP contribution in [0.2, 0.25) is 0 Å². The lowest BCUT2D eigenvalue weighted by Gasteiger charge is -2.16. The summed E-state index contributed by atoms with van der Waals surface area (Å²) in [7, 11) is 0. The van der Waals surface area contributed by atoms with Crippen molar-refractivity contribution in [2.75, 3.05) is 32.4 Å². The van der Waals surface area contributed by atoms with Gasteiger partial charge in [0, 0.05) is 44.6 Å². The molecule has 9 heteroatoms. The number of hydrogen-bond donors (Lipinski definition) is 3. The van der Waals surface area contributed by atoms with E-state index in [-0.39, 0.29) is 11.8 Å². The van der Waals surface area contributed by atoms with Gasteiger partial charge < -0.3 is 20.5 Å². The SMILES string of the molecule is CCNC(=NCCCc1nnc(SC)n1C1CCCC1)NCCNC(=O)C1CC1. The van der Waals surface area contributed by atoms with Crippen LogP contribution >= 0.6 is 11.8 Å². The predicted molar refractivity (Wildman–Crippen MR) is 117 cm³/mol. The Morgan fingerprint density at radius 1 is 1.14 bits per heavy atom. The van der Waals surface area contributed by atoms with Crippen molar-refractivity contribution in [2.45, 2.75) is 69.5 Å². The molecule has 2 aliphatic carbocycles. The Balaban J connectivity index is 1.43. The molecule has 29 heavy (non-hydrogen) atoms. The molecule has 0 atom stereocenters. The van der Waals surface area contributed by atoms with Crippen molar-refractivity contribution in [3.05, 3.63) is 5.82 Å². The molecule has 2 fully saturated rings. The summed E-state index contributed by atoms with van der Waals surface area (Å²) in [6.07, 6.45) is 11.1. The van der Waals surface area contributed by atoms with E-state index in [0.717, 1.165) is 55.7 Å². The molecule has 0 bridgehead atoms. The highest BCUT2D eigenvalue weighted by Crippen LogP contribution is 2.33. The second-order valence-electron chi connectivity index (χ2n) is 7.77. The summed E-state index contributed by atoms with van der Waals surface area (Å²) in [4.78, 5) is 16.3. The molecule has 2 saturated carbocycles. The normalized spacial score (nSPS) is 17.5. The summed E-state index contributed by atoms with van der Waals surface area (Å²) in [5.74, 6) is 2.34. The van der Waals surface area contributed by atoms with Gasteiger partial charge in [-0.3, -0.25) is 9.79 Å². The zero-order valence-corrected chi connectivity index (χ0v) is 18.6. The zero-order valence-electron chi connectivity index (χ0n) is 17.7. The molecule has 3 N–H and O–H groups in total. The maximum Gasteiger partial charge on any atom is 0.223 e. The first-order valence-electron chi connectivity index (χ1n) is 11.0. The fourth-order valence-electron chi connectivity index (χ4n) is 3.77. The molecule has 0 unspecified atom stereocenters. The second kappa shape index (κ2) is 11.4. The van der Waals surface area contributed by atoms with E-state index in [1.54, 1.807) is 11.8 Å². The molecule has 1 amide bonds. The molecule has 0 spiro atoms. The van der Waals surface area contributed by atoms with Crippen LogP contribution in [0.1, 0.15) is 63.7 Å². The molecule has 1 aromatic rings. The Kier molecular flexibility index (Phi) is 8.64. The van der Waals surface area contributed by atoms with Crippen LogP contribution in [-0.4, -0.2) is 59.1 Å². The molecule has 162 valence electrons. The summed E-state index contributed by atoms with van der Waals surface area (Å²) in [6, 6.07) is 0.566. The molecule has 2 aliphatic rings. The van der Waals surface area contributed by atoms with E-state index in [1.807, 2.05) is 0 Å². The van der Waals surface area contributed by atoms with E-state index in [1.165, 1.54) is 25.7 Å². The Bertz CT molecular complexity index is 680. The maximum atomic E-state index is 11.7. The number of carbonyl (C=O) groups excluding carboxylic acids is 1. The summed E-state index contributed by atoms with van der Waals surface area (Å²) in [5.41, 5.74) is 0. The van der Waals surface area contributed by atoms with Crippen LogP contribution < -0.4 is 16.0 Å². The van der Waals surface area contributed by atoms with Gasteiger partial charge in [0.25, 0.3) is 0 Å². The van der Waals surface area contributed by atoms with E-state index in [9.17, 15) is 4.79 Å². The highest BCUT2D eigenvalue weighted by atomic mass is 32.2. The van der Waals surface area contributed by atoms with Gasteiger partial charge in [-0.05, 0) is 45.3 Å². The number of rotatable bonds is 11. The Hall–Kier alpha value is -1.77. The number of aryl methyl sites for hydroxylation is 1. The van der Waals surface area contributed by atoms with Gasteiger partial charge >= 0.3 is 0 Å². The Morgan fingerprint density at radius 2 is 1.90 bits per heavy atom. The summed E-state index contributed by atoms with van der Waals surface area (Å²) >= 11 is 1.68. The van der Waals surface area contributed by atoms with Gasteiger partial charge in [0.2, 0.25) is 5.91 Å². The minimum Gasteiger partial charge on any atom is -0.357 e. The fraction of sp³-hybridized carbons (Fsp3) is 0.800. The predicted octanol–water partition coefficient (Wildman–Crippen LogP) is 2.13. The van der Waals surface area contributed by atoms with Crippen LogP contribution in [0.25, 0.3) is 0 Å². The number of nitrogens with one attached hydrogen (secondary N) is 3. The van der Waals surface area contributed by atoms with E-state index < -0.39 is 0 Å². The molecule has 8 nitrogen and oxygen atoms in total. The minimum atomic E-state index is 0.185. The average molecular weight is 422 g/mol. The molecule has 1 aromatic heterocycles. The lowest BCUT2D eigenvalue weighted by atomic mass is 10.2. The van der Waals surface area contributed by atoms with Gasteiger partial charge in [-0.2, -0.15) is 0 Å². The molecular weight excluding hydrogens is 386 g/mol. The van der Waals surface area contributed by atoms with Crippen LogP contribution in [0.4, 0.5) is 0 Å². The topological polar surface area (TPSA) is 96.2 Å². The van der Waals surface area contributed by atoms with Gasteiger partial charge in [-0.15, -0.1) is 10.2 Å². The van der Waals surface area contributed by atoms with E-state index in [2.05, 4.69) is 48.9 Å². The number of nitrogens with zero attached hydrogens (tertiary/aromatic N) is 4. The van der Waals surface area contributed by atoms with Gasteiger partial charge in [-0.25, -0.2) is 0 Å². The average Bonchev–Trinajstić information content (AvgIpc) is 3.29. The summed E-state index contributed by atoms with van der Waals surface area (Å²) in [6.45, 7) is 4.91. The number of amides is 1. The molecule has 1 heterocycles. The maximum absolute atomic E-state index is 11.7. The lowest BCUT2D eigenvalue weighted by Crippen LogP contribution is -2.41. The van der Waals surface area contributed by atoms with Crippen molar-refractivity contribution in [3.8, 4) is 0 Å². The first-order valence-corrected chi connectivity index (χ1v) is 12.2. The van der Waals surface area contributed by atoms with Crippen molar-refractivity contribution in [2.24, 2.45) is 10.9 Å². The first-order chi connectivity index (χ1) is 14.2. The van der Waals surface area contributed by atoms with Crippen LogP contribution in [0, 0.1) is 5.92 Å². The quantitative estimate of drug-likeness (QED) is 0.219. The number of aliphatic imine (C=N–C) groups is 1. The van der Waals surface area contributed by atoms with E-state index >= 15 is 0 Å². The zero-order chi connectivity index (χ0) is 20.5. The second-order valence-corrected chi connectivity index (χ2v) is 8.54. The van der Waals surface area contributed by atoms with Gasteiger partial charge in [0.15, 0.2) is 11.1 Å². The van der Waals surface area contributed by atoms with Crippen LogP contribution in [0.5, 0.6) is 0 Å². The van der Waals surface area contributed by atoms with Crippen molar-refractivity contribution < 1.29 is 4.79 Å². The first kappa shape index (κ1) is 21.9. The molecule has 0 aromatic carbocycles. The standard InChI is InChI=1S/C20H35N7OS/c1-3-21-19(24-14-13-22-18(28)15-10-11-15)23-12-6-9-17-25-26-20(29-2)27(17)16-7-4-5-8-16/h15-16H,3-14H2,1-2H3,(H,22,28)(H2,21,23,24). The molecular formula is C20H35N7OS. The van der Waals surface area contributed by atoms with Gasteiger partial charge in [0.05, 0.1) is 0 Å².